The maximum atomic E-state index is 11.9. The monoisotopic (exact) mass is 408 g/mol. The molecule has 2 rings (SSSR count). The van der Waals surface area contributed by atoms with E-state index in [1.54, 1.807) is 35.7 Å². The molecule has 1 aromatic carbocycles. The van der Waals surface area contributed by atoms with Crippen molar-refractivity contribution < 1.29 is 13.2 Å². The van der Waals surface area contributed by atoms with E-state index in [1.807, 2.05) is 5.38 Å². The summed E-state index contributed by atoms with van der Waals surface area (Å²) in [6.07, 6.45) is 4.42. The quantitative estimate of drug-likeness (QED) is 0.634. The zero-order valence-corrected chi connectivity index (χ0v) is 16.3. The summed E-state index contributed by atoms with van der Waals surface area (Å²) >= 11 is 13.4. The maximum Gasteiger partial charge on any atom is 0.211 e. The average Bonchev–Trinajstić information content (AvgIpc) is 2.96. The summed E-state index contributed by atoms with van der Waals surface area (Å²) in [6.45, 7) is 0.917. The fourth-order valence-corrected chi connectivity index (χ4v) is 4.14. The SMILES string of the molecule is CS(=O)(=O)N(CCCc1nccs1)CCOc1cc(Cl)cc(Cl)c1. The van der Waals surface area contributed by atoms with Crippen LogP contribution in [0.3, 0.4) is 0 Å². The van der Waals surface area contributed by atoms with Gasteiger partial charge in [0.05, 0.1) is 11.3 Å². The molecule has 0 fully saturated rings. The predicted octanol–water partition coefficient (Wildman–Crippen LogP) is 3.72. The summed E-state index contributed by atoms with van der Waals surface area (Å²) in [5, 5.41) is 3.86. The second-order valence-electron chi connectivity index (χ2n) is 5.15. The first-order valence-electron chi connectivity index (χ1n) is 7.27. The van der Waals surface area contributed by atoms with Gasteiger partial charge in [0.2, 0.25) is 10.0 Å². The van der Waals surface area contributed by atoms with Crippen LogP contribution in [0.25, 0.3) is 0 Å². The normalized spacial score (nSPS) is 11.8. The van der Waals surface area contributed by atoms with Gasteiger partial charge in [0, 0.05) is 41.1 Å². The van der Waals surface area contributed by atoms with Gasteiger partial charge in [0.1, 0.15) is 12.4 Å². The van der Waals surface area contributed by atoms with Crippen molar-refractivity contribution in [3.05, 3.63) is 44.8 Å². The first-order chi connectivity index (χ1) is 11.3. The first kappa shape index (κ1) is 19.5. The number of nitrogens with zero attached hydrogens (tertiary/aromatic N) is 2. The third-order valence-electron chi connectivity index (χ3n) is 3.20. The summed E-state index contributed by atoms with van der Waals surface area (Å²) < 4.78 is 30.7. The second-order valence-corrected chi connectivity index (χ2v) is 8.98. The number of sulfonamides is 1. The molecule has 0 aliphatic carbocycles. The highest BCUT2D eigenvalue weighted by atomic mass is 35.5. The largest absolute Gasteiger partial charge is 0.492 e. The topological polar surface area (TPSA) is 59.5 Å². The molecular weight excluding hydrogens is 391 g/mol. The van der Waals surface area contributed by atoms with E-state index in [9.17, 15) is 8.42 Å². The third kappa shape index (κ3) is 6.57. The highest BCUT2D eigenvalue weighted by Gasteiger charge is 2.16. The van der Waals surface area contributed by atoms with Crippen molar-refractivity contribution in [2.45, 2.75) is 12.8 Å². The van der Waals surface area contributed by atoms with Crippen LogP contribution in [-0.2, 0) is 16.4 Å². The molecule has 132 valence electrons. The first-order valence-corrected chi connectivity index (χ1v) is 10.8. The Morgan fingerprint density at radius 2 is 1.92 bits per heavy atom. The maximum absolute atomic E-state index is 11.9. The van der Waals surface area contributed by atoms with Crippen LogP contribution in [0.4, 0.5) is 0 Å². The van der Waals surface area contributed by atoms with E-state index in [-0.39, 0.29) is 13.2 Å². The van der Waals surface area contributed by atoms with Crippen molar-refractivity contribution in [1.29, 1.82) is 0 Å². The molecule has 1 aromatic heterocycles. The molecule has 0 spiro atoms. The molecular formula is C15H18Cl2N2O3S2. The summed E-state index contributed by atoms with van der Waals surface area (Å²) in [4.78, 5) is 4.19. The van der Waals surface area contributed by atoms with E-state index < -0.39 is 10.0 Å². The Morgan fingerprint density at radius 1 is 1.21 bits per heavy atom. The lowest BCUT2D eigenvalue weighted by molar-refractivity contribution is 0.272. The lowest BCUT2D eigenvalue weighted by atomic mass is 10.3. The zero-order chi connectivity index (χ0) is 17.6. The molecule has 0 unspecified atom stereocenters. The average molecular weight is 409 g/mol. The molecule has 0 aliphatic rings. The Balaban J connectivity index is 1.84. The number of aryl methyl sites for hydroxylation is 1. The standard InChI is InChI=1S/C15H18Cl2N2O3S2/c1-24(20,21)19(5-2-3-15-18-4-8-23-15)6-7-22-14-10-12(16)9-13(17)11-14/h4,8-11H,2-3,5-7H2,1H3. The van der Waals surface area contributed by atoms with Crippen LogP contribution in [0.15, 0.2) is 29.8 Å². The van der Waals surface area contributed by atoms with Gasteiger partial charge in [-0.25, -0.2) is 13.4 Å². The number of hydrogen-bond donors (Lipinski definition) is 0. The number of benzene rings is 1. The van der Waals surface area contributed by atoms with Crippen molar-refractivity contribution >= 4 is 44.6 Å². The van der Waals surface area contributed by atoms with E-state index >= 15 is 0 Å². The molecule has 1 heterocycles. The van der Waals surface area contributed by atoms with Gasteiger partial charge in [-0.2, -0.15) is 4.31 Å². The van der Waals surface area contributed by atoms with Gasteiger partial charge in [-0.3, -0.25) is 0 Å². The fraction of sp³-hybridized carbons (Fsp3) is 0.400. The number of ether oxygens (including phenoxy) is 1. The number of aromatic nitrogens is 1. The second kappa shape index (κ2) is 9.01. The van der Waals surface area contributed by atoms with Gasteiger partial charge in [-0.05, 0) is 24.6 Å². The van der Waals surface area contributed by atoms with Gasteiger partial charge in [-0.15, -0.1) is 11.3 Å². The molecule has 0 saturated carbocycles. The van der Waals surface area contributed by atoms with Gasteiger partial charge in [0.15, 0.2) is 0 Å². The van der Waals surface area contributed by atoms with Crippen molar-refractivity contribution in [3.8, 4) is 5.75 Å². The minimum atomic E-state index is -3.29. The molecule has 0 aliphatic heterocycles. The van der Waals surface area contributed by atoms with E-state index in [2.05, 4.69) is 4.98 Å². The molecule has 0 bridgehead atoms. The van der Waals surface area contributed by atoms with Crippen LogP contribution in [0.2, 0.25) is 10.0 Å². The van der Waals surface area contributed by atoms with Crippen molar-refractivity contribution in [2.75, 3.05) is 26.0 Å². The molecule has 0 N–H and O–H groups in total. The fourth-order valence-electron chi connectivity index (χ4n) is 2.10. The number of rotatable bonds is 9. The molecule has 0 amide bonds. The van der Waals surface area contributed by atoms with Crippen molar-refractivity contribution in [3.63, 3.8) is 0 Å². The summed E-state index contributed by atoms with van der Waals surface area (Å²) in [5.74, 6) is 0.517. The van der Waals surface area contributed by atoms with Crippen LogP contribution in [0.5, 0.6) is 5.75 Å². The van der Waals surface area contributed by atoms with Gasteiger partial charge in [-0.1, -0.05) is 23.2 Å². The Morgan fingerprint density at radius 3 is 2.50 bits per heavy atom. The molecule has 5 nitrogen and oxygen atoms in total. The van der Waals surface area contributed by atoms with Crippen LogP contribution in [0, 0.1) is 0 Å². The lowest BCUT2D eigenvalue weighted by Crippen LogP contribution is -2.34. The van der Waals surface area contributed by atoms with Crippen LogP contribution in [0.1, 0.15) is 11.4 Å². The molecule has 0 radical (unpaired) electrons. The van der Waals surface area contributed by atoms with E-state index in [0.717, 1.165) is 11.4 Å². The van der Waals surface area contributed by atoms with Crippen LogP contribution >= 0.6 is 34.5 Å². The van der Waals surface area contributed by atoms with Gasteiger partial charge < -0.3 is 4.74 Å². The summed E-state index contributed by atoms with van der Waals surface area (Å²) in [6, 6.07) is 4.89. The van der Waals surface area contributed by atoms with Crippen molar-refractivity contribution in [1.82, 2.24) is 9.29 Å². The molecule has 2 aromatic rings. The van der Waals surface area contributed by atoms with Gasteiger partial charge >= 0.3 is 0 Å². The zero-order valence-electron chi connectivity index (χ0n) is 13.1. The van der Waals surface area contributed by atoms with Crippen LogP contribution < -0.4 is 4.74 Å². The molecule has 24 heavy (non-hydrogen) atoms. The highest BCUT2D eigenvalue weighted by Crippen LogP contribution is 2.24. The Hall–Kier alpha value is -0.860. The predicted molar refractivity (Wildman–Crippen MR) is 98.8 cm³/mol. The third-order valence-corrected chi connectivity index (χ3v) is 5.78. The Kier molecular flexibility index (Phi) is 7.31. The summed E-state index contributed by atoms with van der Waals surface area (Å²) in [5.41, 5.74) is 0. The molecule has 9 heteroatoms. The van der Waals surface area contributed by atoms with E-state index in [0.29, 0.717) is 28.8 Å². The number of hydrogen-bond acceptors (Lipinski definition) is 5. The Bertz CT molecular complexity index is 732. The van der Waals surface area contributed by atoms with Gasteiger partial charge in [0.25, 0.3) is 0 Å². The smallest absolute Gasteiger partial charge is 0.211 e. The van der Waals surface area contributed by atoms with E-state index in [4.69, 9.17) is 27.9 Å². The minimum Gasteiger partial charge on any atom is -0.492 e. The van der Waals surface area contributed by atoms with E-state index in [1.165, 1.54) is 10.6 Å². The lowest BCUT2D eigenvalue weighted by Gasteiger charge is -2.20. The highest BCUT2D eigenvalue weighted by molar-refractivity contribution is 7.88. The molecule has 0 atom stereocenters. The van der Waals surface area contributed by atoms with Crippen molar-refractivity contribution in [2.24, 2.45) is 0 Å². The minimum absolute atomic E-state index is 0.223. The summed E-state index contributed by atoms with van der Waals surface area (Å²) in [7, 11) is -3.29. The number of thiazole rings is 1. The van der Waals surface area contributed by atoms with Crippen LogP contribution in [-0.4, -0.2) is 43.7 Å². The number of halogens is 2. The Labute approximate surface area is 156 Å². The molecule has 0 saturated heterocycles.